The fraction of sp³-hybridized carbons (Fsp3) is 0.923. The Morgan fingerprint density at radius 2 is 2.06 bits per heavy atom. The van der Waals surface area contributed by atoms with Crippen molar-refractivity contribution in [2.24, 2.45) is 17.3 Å². The van der Waals surface area contributed by atoms with Gasteiger partial charge in [-0.3, -0.25) is 4.79 Å². The number of hydrogen-bond acceptors (Lipinski definition) is 2. The van der Waals surface area contributed by atoms with Gasteiger partial charge in [0.2, 0.25) is 5.91 Å². The molecule has 2 spiro atoms. The van der Waals surface area contributed by atoms with Crippen molar-refractivity contribution in [3.63, 3.8) is 0 Å². The first-order chi connectivity index (χ1) is 7.76. The molecular weight excluding hydrogens is 202 g/mol. The average molecular weight is 221 g/mol. The molecule has 0 radical (unpaired) electrons. The number of carbonyl (C=O) groups excluding carboxylic acids is 1. The molecule has 1 amide bonds. The molecule has 2 saturated heterocycles. The van der Waals surface area contributed by atoms with E-state index >= 15 is 0 Å². The summed E-state index contributed by atoms with van der Waals surface area (Å²) in [7, 11) is 0. The highest BCUT2D eigenvalue weighted by molar-refractivity contribution is 5.81. The molecule has 4 aliphatic rings. The first-order valence-electron chi connectivity index (χ1n) is 6.65. The summed E-state index contributed by atoms with van der Waals surface area (Å²) in [4.78, 5) is 11.9. The standard InChI is InChI=1S/C13H19NO2/c15-11-8-12(2-1-9-7-10(9)12)13(14-11)3-5-16-6-4-13/h9-10H,1-8H2,(H,14,15). The number of carbonyl (C=O) groups is 1. The summed E-state index contributed by atoms with van der Waals surface area (Å²) >= 11 is 0. The van der Waals surface area contributed by atoms with Gasteiger partial charge in [0.05, 0.1) is 5.54 Å². The van der Waals surface area contributed by atoms with Crippen LogP contribution in [0.1, 0.15) is 38.5 Å². The summed E-state index contributed by atoms with van der Waals surface area (Å²) in [6.45, 7) is 1.67. The fourth-order valence-corrected chi connectivity index (χ4v) is 4.92. The van der Waals surface area contributed by atoms with Crippen LogP contribution in [0.3, 0.4) is 0 Å². The Labute approximate surface area is 95.9 Å². The highest BCUT2D eigenvalue weighted by Gasteiger charge is 2.69. The van der Waals surface area contributed by atoms with Crippen molar-refractivity contribution in [2.45, 2.75) is 44.1 Å². The monoisotopic (exact) mass is 221 g/mol. The normalized spacial score (nSPS) is 48.4. The quantitative estimate of drug-likeness (QED) is 0.672. The van der Waals surface area contributed by atoms with E-state index < -0.39 is 0 Å². The summed E-state index contributed by atoms with van der Waals surface area (Å²) in [5.41, 5.74) is 0.427. The van der Waals surface area contributed by atoms with Crippen molar-refractivity contribution in [1.82, 2.24) is 5.32 Å². The van der Waals surface area contributed by atoms with E-state index in [2.05, 4.69) is 5.32 Å². The van der Waals surface area contributed by atoms with Crippen LogP contribution < -0.4 is 5.32 Å². The summed E-state index contributed by atoms with van der Waals surface area (Å²) in [5, 5.41) is 3.34. The Kier molecular flexibility index (Phi) is 1.66. The van der Waals surface area contributed by atoms with Gasteiger partial charge in [-0.1, -0.05) is 0 Å². The summed E-state index contributed by atoms with van der Waals surface area (Å²) < 4.78 is 5.49. The molecular formula is C13H19NO2. The molecule has 2 aliphatic heterocycles. The lowest BCUT2D eigenvalue weighted by atomic mass is 9.63. The second-order valence-electron chi connectivity index (χ2n) is 6.22. The van der Waals surface area contributed by atoms with Gasteiger partial charge in [0, 0.05) is 25.0 Å². The molecule has 4 rings (SSSR count). The number of rotatable bonds is 0. The van der Waals surface area contributed by atoms with E-state index in [-0.39, 0.29) is 5.54 Å². The molecule has 0 aromatic rings. The lowest BCUT2D eigenvalue weighted by molar-refractivity contribution is -0.120. The maximum Gasteiger partial charge on any atom is 0.221 e. The fourth-order valence-electron chi connectivity index (χ4n) is 4.92. The van der Waals surface area contributed by atoms with E-state index in [1.807, 2.05) is 0 Å². The maximum atomic E-state index is 11.9. The first-order valence-corrected chi connectivity index (χ1v) is 6.65. The SMILES string of the molecule is O=C1CC2(CCC3CC32)C2(CCOCC2)N1. The molecule has 0 aromatic heterocycles. The largest absolute Gasteiger partial charge is 0.381 e. The van der Waals surface area contributed by atoms with Crippen molar-refractivity contribution in [3.05, 3.63) is 0 Å². The third kappa shape index (κ3) is 0.963. The molecule has 3 unspecified atom stereocenters. The van der Waals surface area contributed by atoms with Crippen molar-refractivity contribution in [1.29, 1.82) is 0 Å². The minimum Gasteiger partial charge on any atom is -0.381 e. The molecule has 2 heterocycles. The van der Waals surface area contributed by atoms with E-state index in [0.29, 0.717) is 11.3 Å². The molecule has 16 heavy (non-hydrogen) atoms. The van der Waals surface area contributed by atoms with E-state index in [9.17, 15) is 4.79 Å². The van der Waals surface area contributed by atoms with Crippen LogP contribution in [0, 0.1) is 17.3 Å². The van der Waals surface area contributed by atoms with Gasteiger partial charge in [-0.25, -0.2) is 0 Å². The number of nitrogens with one attached hydrogen (secondary N) is 1. The van der Waals surface area contributed by atoms with E-state index in [1.54, 1.807) is 0 Å². The number of amides is 1. The van der Waals surface area contributed by atoms with Crippen LogP contribution in [0.2, 0.25) is 0 Å². The second kappa shape index (κ2) is 2.81. The first kappa shape index (κ1) is 9.46. The van der Waals surface area contributed by atoms with Gasteiger partial charge in [-0.2, -0.15) is 0 Å². The molecule has 2 saturated carbocycles. The zero-order chi connectivity index (χ0) is 10.8. The zero-order valence-corrected chi connectivity index (χ0v) is 9.63. The Morgan fingerprint density at radius 1 is 1.25 bits per heavy atom. The molecule has 1 N–H and O–H groups in total. The topological polar surface area (TPSA) is 38.3 Å². The molecule has 3 heteroatoms. The highest BCUT2D eigenvalue weighted by atomic mass is 16.5. The van der Waals surface area contributed by atoms with Crippen LogP contribution in [-0.2, 0) is 9.53 Å². The van der Waals surface area contributed by atoms with Crippen LogP contribution in [-0.4, -0.2) is 24.7 Å². The van der Waals surface area contributed by atoms with Crippen LogP contribution in [0.4, 0.5) is 0 Å². The van der Waals surface area contributed by atoms with Crippen molar-refractivity contribution < 1.29 is 9.53 Å². The molecule has 3 nitrogen and oxygen atoms in total. The Morgan fingerprint density at radius 3 is 2.69 bits per heavy atom. The van der Waals surface area contributed by atoms with Crippen LogP contribution in [0.25, 0.3) is 0 Å². The van der Waals surface area contributed by atoms with Gasteiger partial charge < -0.3 is 10.1 Å². The molecule has 0 bridgehead atoms. The minimum atomic E-state index is 0.109. The summed E-state index contributed by atoms with van der Waals surface area (Å²) in [6, 6.07) is 0. The predicted octanol–water partition coefficient (Wildman–Crippen LogP) is 1.47. The van der Waals surface area contributed by atoms with E-state index in [0.717, 1.165) is 44.3 Å². The van der Waals surface area contributed by atoms with Gasteiger partial charge in [-0.15, -0.1) is 0 Å². The third-order valence-corrected chi connectivity index (χ3v) is 5.75. The van der Waals surface area contributed by atoms with Crippen molar-refractivity contribution in [3.8, 4) is 0 Å². The highest BCUT2D eigenvalue weighted by Crippen LogP contribution is 2.70. The Bertz CT molecular complexity index is 348. The van der Waals surface area contributed by atoms with Crippen LogP contribution in [0.15, 0.2) is 0 Å². The average Bonchev–Trinajstić information content (AvgIpc) is 2.92. The van der Waals surface area contributed by atoms with Crippen LogP contribution in [0.5, 0.6) is 0 Å². The number of ether oxygens (including phenoxy) is 1. The van der Waals surface area contributed by atoms with Crippen molar-refractivity contribution >= 4 is 5.91 Å². The summed E-state index contributed by atoms with van der Waals surface area (Å²) in [6.07, 6.45) is 6.92. The van der Waals surface area contributed by atoms with Gasteiger partial charge in [0.1, 0.15) is 0 Å². The molecule has 2 aliphatic carbocycles. The zero-order valence-electron chi connectivity index (χ0n) is 9.63. The Hall–Kier alpha value is -0.570. The number of fused-ring (bicyclic) bond motifs is 3. The van der Waals surface area contributed by atoms with Crippen LogP contribution >= 0.6 is 0 Å². The smallest absolute Gasteiger partial charge is 0.221 e. The van der Waals surface area contributed by atoms with Gasteiger partial charge in [-0.05, 0) is 43.9 Å². The minimum absolute atomic E-state index is 0.109. The van der Waals surface area contributed by atoms with Gasteiger partial charge in [0.15, 0.2) is 0 Å². The van der Waals surface area contributed by atoms with E-state index in [1.165, 1.54) is 19.3 Å². The maximum absolute atomic E-state index is 11.9. The van der Waals surface area contributed by atoms with E-state index in [4.69, 9.17) is 4.74 Å². The second-order valence-corrected chi connectivity index (χ2v) is 6.22. The Balaban J connectivity index is 1.75. The van der Waals surface area contributed by atoms with Gasteiger partial charge in [0.25, 0.3) is 0 Å². The molecule has 88 valence electrons. The predicted molar refractivity (Wildman–Crippen MR) is 58.8 cm³/mol. The summed E-state index contributed by atoms with van der Waals surface area (Å²) in [5.74, 6) is 2.10. The number of hydrogen-bond donors (Lipinski definition) is 1. The molecule has 0 aromatic carbocycles. The lowest BCUT2D eigenvalue weighted by Crippen LogP contribution is -2.56. The molecule has 3 atom stereocenters. The molecule has 4 fully saturated rings. The third-order valence-electron chi connectivity index (χ3n) is 5.75. The van der Waals surface area contributed by atoms with Crippen molar-refractivity contribution in [2.75, 3.05) is 13.2 Å². The van der Waals surface area contributed by atoms with Gasteiger partial charge >= 0.3 is 0 Å². The lowest BCUT2D eigenvalue weighted by Gasteiger charge is -2.46.